The molecule has 3 saturated carbocycles. The van der Waals surface area contributed by atoms with Gasteiger partial charge in [0.1, 0.15) is 10.8 Å². The fourth-order valence-electron chi connectivity index (χ4n) is 4.39. The molecule has 1 aromatic carbocycles. The molecule has 1 amide bonds. The van der Waals surface area contributed by atoms with E-state index in [0.29, 0.717) is 5.02 Å². The summed E-state index contributed by atoms with van der Waals surface area (Å²) >= 11 is 10.8. The van der Waals surface area contributed by atoms with Crippen molar-refractivity contribution in [1.29, 1.82) is 0 Å². The topological polar surface area (TPSA) is 89.3 Å². The van der Waals surface area contributed by atoms with Gasteiger partial charge in [0.05, 0.1) is 10.2 Å². The SMILES string of the molecule is CS(=O)(=O)C(Br)c1ccc(C(=O)NC23CC(c4nc5cc(Cl)ccc5s4)(C2)C3)o1. The van der Waals surface area contributed by atoms with Crippen molar-refractivity contribution in [1.82, 2.24) is 10.3 Å². The number of carbonyl (C=O) groups is 1. The van der Waals surface area contributed by atoms with Gasteiger partial charge in [0.25, 0.3) is 5.91 Å². The number of aromatic nitrogens is 1. The lowest BCUT2D eigenvalue weighted by molar-refractivity contribution is -0.0811. The maximum absolute atomic E-state index is 12.6. The molecule has 6 rings (SSSR count). The van der Waals surface area contributed by atoms with Gasteiger partial charge in [0.15, 0.2) is 19.8 Å². The molecule has 3 aromatic rings. The van der Waals surface area contributed by atoms with Crippen LogP contribution in [0.1, 0.15) is 44.7 Å². The molecule has 2 bridgehead atoms. The van der Waals surface area contributed by atoms with Gasteiger partial charge in [0, 0.05) is 22.2 Å². The zero-order valence-corrected chi connectivity index (χ0v) is 19.2. The fourth-order valence-corrected chi connectivity index (χ4v) is 6.48. The minimum atomic E-state index is -3.36. The first-order chi connectivity index (χ1) is 13.6. The molecule has 10 heteroatoms. The zero-order chi connectivity index (χ0) is 20.6. The van der Waals surface area contributed by atoms with Crippen LogP contribution in [0.25, 0.3) is 10.2 Å². The van der Waals surface area contributed by atoms with Gasteiger partial charge in [0.2, 0.25) is 0 Å². The van der Waals surface area contributed by atoms with Crippen LogP contribution in [0.4, 0.5) is 0 Å². The molecular weight excluding hydrogens is 500 g/mol. The molecule has 0 radical (unpaired) electrons. The van der Waals surface area contributed by atoms with Crippen molar-refractivity contribution in [3.05, 3.63) is 51.9 Å². The Labute approximate surface area is 184 Å². The van der Waals surface area contributed by atoms with Crippen LogP contribution in [0.2, 0.25) is 5.02 Å². The molecule has 6 nitrogen and oxygen atoms in total. The van der Waals surface area contributed by atoms with Gasteiger partial charge in [-0.05, 0) is 49.6 Å². The van der Waals surface area contributed by atoms with Crippen LogP contribution in [-0.4, -0.2) is 31.1 Å². The largest absolute Gasteiger partial charge is 0.454 e. The molecule has 0 saturated heterocycles. The van der Waals surface area contributed by atoms with Crippen LogP contribution >= 0.6 is 38.9 Å². The van der Waals surface area contributed by atoms with Crippen molar-refractivity contribution >= 4 is 64.8 Å². The van der Waals surface area contributed by atoms with Gasteiger partial charge >= 0.3 is 0 Å². The van der Waals surface area contributed by atoms with Gasteiger partial charge in [-0.2, -0.15) is 0 Å². The molecule has 3 aliphatic rings. The second-order valence-electron chi connectivity index (χ2n) is 8.02. The van der Waals surface area contributed by atoms with E-state index in [0.717, 1.165) is 40.7 Å². The third kappa shape index (κ3) is 3.13. The van der Waals surface area contributed by atoms with E-state index in [-0.39, 0.29) is 28.4 Å². The Hall–Kier alpha value is -1.42. The molecule has 29 heavy (non-hydrogen) atoms. The van der Waals surface area contributed by atoms with E-state index < -0.39 is 14.0 Å². The standard InChI is InChI=1S/C19H16BrClN2O4S2/c1-29(25,26)15(20)12-3-4-13(27-12)16(24)23-19-7-18(8-19,9-19)17-22-11-6-10(21)2-5-14(11)28-17/h2-6,15H,7-9H2,1H3,(H,23,24). The number of carbonyl (C=O) groups excluding carboxylic acids is 1. The molecule has 3 fully saturated rings. The molecule has 152 valence electrons. The number of nitrogens with zero attached hydrogens (tertiary/aromatic N) is 1. The number of benzene rings is 1. The summed E-state index contributed by atoms with van der Waals surface area (Å²) in [6.45, 7) is 0. The monoisotopic (exact) mass is 514 g/mol. The van der Waals surface area contributed by atoms with E-state index in [9.17, 15) is 13.2 Å². The Morgan fingerprint density at radius 3 is 2.72 bits per heavy atom. The number of halogens is 2. The molecule has 0 spiro atoms. The summed E-state index contributed by atoms with van der Waals surface area (Å²) < 4.78 is 28.9. The van der Waals surface area contributed by atoms with Crippen molar-refractivity contribution in [2.24, 2.45) is 0 Å². The fraction of sp³-hybridized carbons (Fsp3) is 0.368. The highest BCUT2D eigenvalue weighted by molar-refractivity contribution is 9.10. The zero-order valence-electron chi connectivity index (χ0n) is 15.2. The second kappa shape index (κ2) is 6.29. The maximum Gasteiger partial charge on any atom is 0.287 e. The number of fused-ring (bicyclic) bond motifs is 1. The Kier molecular flexibility index (Phi) is 4.24. The first-order valence-corrected chi connectivity index (χ1v) is 13.0. The molecule has 0 aliphatic heterocycles. The van der Waals surface area contributed by atoms with Crippen LogP contribution in [0.3, 0.4) is 0 Å². The quantitative estimate of drug-likeness (QED) is 0.502. The normalized spacial score (nSPS) is 26.6. The highest BCUT2D eigenvalue weighted by Gasteiger charge is 2.70. The van der Waals surface area contributed by atoms with Crippen LogP contribution in [0, 0.1) is 0 Å². The van der Waals surface area contributed by atoms with Crippen molar-refractivity contribution in [2.75, 3.05) is 6.26 Å². The number of hydrogen-bond acceptors (Lipinski definition) is 6. The van der Waals surface area contributed by atoms with Gasteiger partial charge in [-0.1, -0.05) is 27.5 Å². The third-order valence-corrected chi connectivity index (χ3v) is 10.7. The molecule has 3 aliphatic carbocycles. The number of nitrogens with one attached hydrogen (secondary N) is 1. The molecule has 2 heterocycles. The van der Waals surface area contributed by atoms with Crippen LogP contribution in [0.5, 0.6) is 0 Å². The lowest BCUT2D eigenvalue weighted by Crippen LogP contribution is -2.76. The lowest BCUT2D eigenvalue weighted by atomic mass is 9.39. The Bertz CT molecular complexity index is 1250. The molecule has 1 atom stereocenters. The van der Waals surface area contributed by atoms with Crippen molar-refractivity contribution < 1.29 is 17.6 Å². The first kappa shape index (κ1) is 19.5. The molecular formula is C19H16BrClN2O4S2. The average molecular weight is 516 g/mol. The highest BCUT2D eigenvalue weighted by atomic mass is 79.9. The summed E-state index contributed by atoms with van der Waals surface area (Å²) in [6.07, 6.45) is 3.64. The highest BCUT2D eigenvalue weighted by Crippen LogP contribution is 2.68. The maximum atomic E-state index is 12.6. The van der Waals surface area contributed by atoms with Crippen molar-refractivity contribution in [2.45, 2.75) is 34.4 Å². The Morgan fingerprint density at radius 2 is 2.03 bits per heavy atom. The lowest BCUT2D eigenvalue weighted by Gasteiger charge is -2.69. The average Bonchev–Trinajstić information content (AvgIpc) is 3.21. The van der Waals surface area contributed by atoms with Crippen molar-refractivity contribution in [3.8, 4) is 0 Å². The number of hydrogen-bond donors (Lipinski definition) is 1. The smallest absolute Gasteiger partial charge is 0.287 e. The van der Waals surface area contributed by atoms with E-state index in [4.69, 9.17) is 21.0 Å². The number of sulfone groups is 1. The molecule has 1 N–H and O–H groups in total. The number of thiazole rings is 1. The number of furan rings is 1. The van der Waals surface area contributed by atoms with E-state index in [1.54, 1.807) is 11.3 Å². The minimum absolute atomic E-state index is 0.0367. The summed E-state index contributed by atoms with van der Waals surface area (Å²) in [5, 5.41) is 4.84. The number of alkyl halides is 1. The second-order valence-corrected chi connectivity index (χ2v) is 13.1. The summed E-state index contributed by atoms with van der Waals surface area (Å²) in [4.78, 5) is 17.3. The van der Waals surface area contributed by atoms with Gasteiger partial charge < -0.3 is 9.73 Å². The van der Waals surface area contributed by atoms with E-state index in [1.165, 1.54) is 12.1 Å². The first-order valence-electron chi connectivity index (χ1n) is 8.91. The van der Waals surface area contributed by atoms with Crippen LogP contribution in [0.15, 0.2) is 34.7 Å². The number of amides is 1. The minimum Gasteiger partial charge on any atom is -0.454 e. The van der Waals surface area contributed by atoms with E-state index in [2.05, 4.69) is 21.2 Å². The predicted molar refractivity (Wildman–Crippen MR) is 116 cm³/mol. The number of rotatable bonds is 5. The summed E-state index contributed by atoms with van der Waals surface area (Å²) in [7, 11) is -3.36. The van der Waals surface area contributed by atoms with Gasteiger partial charge in [-0.25, -0.2) is 13.4 Å². The third-order valence-electron chi connectivity index (χ3n) is 5.66. The van der Waals surface area contributed by atoms with Crippen LogP contribution in [-0.2, 0) is 15.3 Å². The Morgan fingerprint density at radius 1 is 1.31 bits per heavy atom. The van der Waals surface area contributed by atoms with E-state index >= 15 is 0 Å². The summed E-state index contributed by atoms with van der Waals surface area (Å²) in [6, 6.07) is 8.74. The summed E-state index contributed by atoms with van der Waals surface area (Å²) in [5.41, 5.74) is 0.720. The van der Waals surface area contributed by atoms with Crippen LogP contribution < -0.4 is 5.32 Å². The van der Waals surface area contributed by atoms with Gasteiger partial charge in [-0.3, -0.25) is 4.79 Å². The molecule has 1 unspecified atom stereocenters. The van der Waals surface area contributed by atoms with Gasteiger partial charge in [-0.15, -0.1) is 11.3 Å². The predicted octanol–water partition coefficient (Wildman–Crippen LogP) is 4.58. The molecule has 2 aromatic heterocycles. The van der Waals surface area contributed by atoms with E-state index in [1.807, 2.05) is 18.2 Å². The Balaban J connectivity index is 1.27. The van der Waals surface area contributed by atoms with Crippen molar-refractivity contribution in [3.63, 3.8) is 0 Å². The summed E-state index contributed by atoms with van der Waals surface area (Å²) in [5.74, 6) is -0.0183.